The molecular formula is C22H31N3O4. The summed E-state index contributed by atoms with van der Waals surface area (Å²) in [5.41, 5.74) is 0.670. The van der Waals surface area contributed by atoms with Crippen LogP contribution < -0.4 is 15.0 Å². The number of benzene rings is 1. The number of hydrogen-bond donors (Lipinski definition) is 1. The molecule has 1 N–H and O–H groups in total. The molecule has 1 aromatic rings. The maximum atomic E-state index is 12.9. The first-order chi connectivity index (χ1) is 14.1. The fourth-order valence-corrected chi connectivity index (χ4v) is 4.84. The second-order valence-corrected chi connectivity index (χ2v) is 8.31. The lowest BCUT2D eigenvalue weighted by molar-refractivity contribution is -0.128. The van der Waals surface area contributed by atoms with Crippen LogP contribution in [0.2, 0.25) is 0 Å². The van der Waals surface area contributed by atoms with Crippen molar-refractivity contribution < 1.29 is 19.1 Å². The molecule has 7 nitrogen and oxygen atoms in total. The Bertz CT molecular complexity index is 741. The fraction of sp³-hybridized carbons (Fsp3) is 0.636. The Labute approximate surface area is 172 Å². The number of para-hydroxylation sites is 2. The molecule has 0 unspecified atom stereocenters. The molecule has 2 aliphatic heterocycles. The lowest BCUT2D eigenvalue weighted by Crippen LogP contribution is -2.60. The highest BCUT2D eigenvalue weighted by molar-refractivity contribution is 6.03. The number of carbonyl (C=O) groups excluding carboxylic acids is 2. The maximum absolute atomic E-state index is 12.9. The molecule has 0 aromatic heterocycles. The molecule has 0 radical (unpaired) electrons. The van der Waals surface area contributed by atoms with Crippen molar-refractivity contribution in [1.82, 2.24) is 10.2 Å². The Hall–Kier alpha value is -2.12. The van der Waals surface area contributed by atoms with E-state index >= 15 is 0 Å². The number of ether oxygens (including phenoxy) is 2. The zero-order chi connectivity index (χ0) is 20.3. The van der Waals surface area contributed by atoms with Gasteiger partial charge in [0.05, 0.1) is 18.9 Å². The minimum atomic E-state index is -0.587. The van der Waals surface area contributed by atoms with Crippen LogP contribution in [0.5, 0.6) is 5.75 Å². The SMILES string of the molecule is C[C@H]1Oc2ccccc2N(CC(=O)NCC2(N3CCOCC3)CCCCC2)C1=O. The van der Waals surface area contributed by atoms with E-state index in [9.17, 15) is 9.59 Å². The number of nitrogens with one attached hydrogen (secondary N) is 1. The summed E-state index contributed by atoms with van der Waals surface area (Å²) in [5.74, 6) is 0.337. The Morgan fingerprint density at radius 1 is 1.17 bits per heavy atom. The van der Waals surface area contributed by atoms with E-state index in [2.05, 4.69) is 10.2 Å². The molecule has 158 valence electrons. The number of nitrogens with zero attached hydrogens (tertiary/aromatic N) is 2. The average Bonchev–Trinajstić information content (AvgIpc) is 2.77. The quantitative estimate of drug-likeness (QED) is 0.817. The van der Waals surface area contributed by atoms with E-state index < -0.39 is 6.10 Å². The van der Waals surface area contributed by atoms with Gasteiger partial charge in [-0.25, -0.2) is 0 Å². The van der Waals surface area contributed by atoms with Gasteiger partial charge in [-0.1, -0.05) is 31.4 Å². The van der Waals surface area contributed by atoms with E-state index in [0.717, 1.165) is 39.1 Å². The molecule has 0 bridgehead atoms. The predicted octanol–water partition coefficient (Wildman–Crippen LogP) is 1.95. The Kier molecular flexibility index (Phi) is 6.06. The van der Waals surface area contributed by atoms with Gasteiger partial charge >= 0.3 is 0 Å². The lowest BCUT2D eigenvalue weighted by atomic mass is 9.79. The van der Waals surface area contributed by atoms with Crippen molar-refractivity contribution in [2.24, 2.45) is 0 Å². The van der Waals surface area contributed by atoms with E-state index in [1.165, 1.54) is 19.3 Å². The van der Waals surface area contributed by atoms with Crippen LogP contribution in [-0.4, -0.2) is 67.7 Å². The van der Waals surface area contributed by atoms with Crippen LogP contribution >= 0.6 is 0 Å². The largest absolute Gasteiger partial charge is 0.479 e. The summed E-state index contributed by atoms with van der Waals surface area (Å²) < 4.78 is 11.2. The lowest BCUT2D eigenvalue weighted by Gasteiger charge is -2.48. The molecule has 2 heterocycles. The second-order valence-electron chi connectivity index (χ2n) is 8.31. The van der Waals surface area contributed by atoms with E-state index in [-0.39, 0.29) is 23.9 Å². The van der Waals surface area contributed by atoms with Crippen molar-refractivity contribution in [2.45, 2.75) is 50.7 Å². The van der Waals surface area contributed by atoms with Gasteiger partial charge in [0.25, 0.3) is 5.91 Å². The van der Waals surface area contributed by atoms with Crippen LogP contribution in [0.25, 0.3) is 0 Å². The van der Waals surface area contributed by atoms with Crippen LogP contribution in [0.4, 0.5) is 5.69 Å². The summed E-state index contributed by atoms with van der Waals surface area (Å²) >= 11 is 0. The summed E-state index contributed by atoms with van der Waals surface area (Å²) in [6.45, 7) is 5.72. The second kappa shape index (κ2) is 8.71. The molecule has 1 atom stereocenters. The molecule has 3 aliphatic rings. The number of anilines is 1. The molecule has 1 saturated carbocycles. The van der Waals surface area contributed by atoms with Crippen LogP contribution in [0.3, 0.4) is 0 Å². The Balaban J connectivity index is 1.43. The van der Waals surface area contributed by atoms with E-state index in [1.54, 1.807) is 11.8 Å². The summed E-state index contributed by atoms with van der Waals surface area (Å²) in [7, 11) is 0. The summed E-state index contributed by atoms with van der Waals surface area (Å²) in [6.07, 6.45) is 5.26. The number of carbonyl (C=O) groups is 2. The van der Waals surface area contributed by atoms with Gasteiger partial charge in [0.1, 0.15) is 12.3 Å². The number of amides is 2. The highest BCUT2D eigenvalue weighted by Crippen LogP contribution is 2.35. The molecule has 1 aliphatic carbocycles. The molecule has 1 saturated heterocycles. The van der Waals surface area contributed by atoms with Gasteiger partial charge in [-0.2, -0.15) is 0 Å². The van der Waals surface area contributed by atoms with Crippen LogP contribution in [0.1, 0.15) is 39.0 Å². The first-order valence-electron chi connectivity index (χ1n) is 10.8. The fourth-order valence-electron chi connectivity index (χ4n) is 4.84. The van der Waals surface area contributed by atoms with Gasteiger partial charge in [-0.05, 0) is 31.9 Å². The van der Waals surface area contributed by atoms with Crippen molar-refractivity contribution in [3.63, 3.8) is 0 Å². The summed E-state index contributed by atoms with van der Waals surface area (Å²) in [6, 6.07) is 7.38. The maximum Gasteiger partial charge on any atom is 0.268 e. The Morgan fingerprint density at radius 2 is 1.90 bits per heavy atom. The van der Waals surface area contributed by atoms with Crippen molar-refractivity contribution in [3.8, 4) is 5.75 Å². The standard InChI is InChI=1S/C22H31N3O4/c1-17-21(27)25(18-7-3-4-8-19(18)29-17)15-20(26)23-16-22(9-5-2-6-10-22)24-11-13-28-14-12-24/h3-4,7-8,17H,2,5-6,9-16H2,1H3,(H,23,26)/t17-/m1/s1. The number of rotatable bonds is 5. The minimum absolute atomic E-state index is 0.0118. The van der Waals surface area contributed by atoms with Crippen LogP contribution in [0, 0.1) is 0 Å². The van der Waals surface area contributed by atoms with Gasteiger partial charge in [-0.15, -0.1) is 0 Å². The Morgan fingerprint density at radius 3 is 2.66 bits per heavy atom. The highest BCUT2D eigenvalue weighted by atomic mass is 16.5. The van der Waals surface area contributed by atoms with Crippen molar-refractivity contribution >= 4 is 17.5 Å². The first-order valence-corrected chi connectivity index (χ1v) is 10.8. The van der Waals surface area contributed by atoms with Gasteiger partial charge in [-0.3, -0.25) is 19.4 Å². The highest BCUT2D eigenvalue weighted by Gasteiger charge is 2.39. The molecule has 1 aromatic carbocycles. The molecule has 2 fully saturated rings. The molecule has 0 spiro atoms. The summed E-state index contributed by atoms with van der Waals surface area (Å²) in [4.78, 5) is 29.5. The van der Waals surface area contributed by atoms with Crippen molar-refractivity contribution in [2.75, 3.05) is 44.3 Å². The van der Waals surface area contributed by atoms with Crippen molar-refractivity contribution in [3.05, 3.63) is 24.3 Å². The smallest absolute Gasteiger partial charge is 0.268 e. The van der Waals surface area contributed by atoms with Gasteiger partial charge in [0.2, 0.25) is 5.91 Å². The summed E-state index contributed by atoms with van der Waals surface area (Å²) in [5, 5.41) is 3.15. The third-order valence-electron chi connectivity index (χ3n) is 6.46. The number of morpholine rings is 1. The molecule has 7 heteroatoms. The van der Waals surface area contributed by atoms with E-state index in [4.69, 9.17) is 9.47 Å². The molecule has 29 heavy (non-hydrogen) atoms. The minimum Gasteiger partial charge on any atom is -0.479 e. The number of fused-ring (bicyclic) bond motifs is 1. The number of hydrogen-bond acceptors (Lipinski definition) is 5. The third kappa shape index (κ3) is 4.26. The molecular weight excluding hydrogens is 370 g/mol. The van der Waals surface area contributed by atoms with Gasteiger partial charge in [0, 0.05) is 25.2 Å². The van der Waals surface area contributed by atoms with Crippen LogP contribution in [0.15, 0.2) is 24.3 Å². The van der Waals surface area contributed by atoms with Crippen molar-refractivity contribution in [1.29, 1.82) is 0 Å². The zero-order valence-electron chi connectivity index (χ0n) is 17.2. The first kappa shape index (κ1) is 20.2. The monoisotopic (exact) mass is 401 g/mol. The molecule has 4 rings (SSSR count). The third-order valence-corrected chi connectivity index (χ3v) is 6.46. The van der Waals surface area contributed by atoms with Gasteiger partial charge in [0.15, 0.2) is 6.10 Å². The predicted molar refractivity (Wildman–Crippen MR) is 110 cm³/mol. The van der Waals surface area contributed by atoms with E-state index in [1.807, 2.05) is 24.3 Å². The van der Waals surface area contributed by atoms with Crippen LogP contribution in [-0.2, 0) is 14.3 Å². The zero-order valence-corrected chi connectivity index (χ0v) is 17.2. The van der Waals surface area contributed by atoms with E-state index in [0.29, 0.717) is 18.0 Å². The van der Waals surface area contributed by atoms with Gasteiger partial charge < -0.3 is 14.8 Å². The normalized spacial score (nSPS) is 24.5. The topological polar surface area (TPSA) is 71.1 Å². The average molecular weight is 402 g/mol. The molecule has 2 amide bonds.